The molecule has 1 atom stereocenters. The maximum atomic E-state index is 14.0. The molecule has 1 unspecified atom stereocenters. The third kappa shape index (κ3) is 7.65. The minimum atomic E-state index is -1.17. The lowest BCUT2D eigenvalue weighted by Gasteiger charge is -2.22. The van der Waals surface area contributed by atoms with Crippen molar-refractivity contribution in [3.05, 3.63) is 70.5 Å². The van der Waals surface area contributed by atoms with Gasteiger partial charge in [-0.1, -0.05) is 17.7 Å². The standard InChI is InChI=1S/C25H27ClFN5O6/c1-5-10-31-21(15-6-8-18(9-7-15)37-22-19(27)11-16(26)13-28-22)30-32(24(31)36)14-17(12-20(33)34)29-23(35)38-25(2,3)4/h5-9,11,13,17H,1,10,12,14H2,2-4H3,(H,29,35)(H,33,34). The van der Waals surface area contributed by atoms with E-state index in [9.17, 15) is 23.9 Å². The summed E-state index contributed by atoms with van der Waals surface area (Å²) in [6.45, 7) is 8.59. The smallest absolute Gasteiger partial charge is 0.407 e. The number of hydrogen-bond acceptors (Lipinski definition) is 7. The highest BCUT2D eigenvalue weighted by atomic mass is 35.5. The zero-order valence-corrected chi connectivity index (χ0v) is 21.7. The van der Waals surface area contributed by atoms with Crippen LogP contribution in [0.1, 0.15) is 27.2 Å². The number of amides is 1. The van der Waals surface area contributed by atoms with Crippen molar-refractivity contribution in [2.24, 2.45) is 0 Å². The molecule has 202 valence electrons. The Hall–Kier alpha value is -4.19. The summed E-state index contributed by atoms with van der Waals surface area (Å²) in [5.74, 6) is -1.61. The van der Waals surface area contributed by atoms with Crippen LogP contribution in [0.15, 0.2) is 54.0 Å². The average Bonchev–Trinajstić information content (AvgIpc) is 3.10. The molecule has 0 bridgehead atoms. The Kier molecular flexibility index (Phi) is 8.89. The van der Waals surface area contributed by atoms with Crippen LogP contribution in [0.2, 0.25) is 5.02 Å². The lowest BCUT2D eigenvalue weighted by molar-refractivity contribution is -0.137. The molecule has 3 rings (SSSR count). The summed E-state index contributed by atoms with van der Waals surface area (Å²) in [5, 5.41) is 16.3. The maximum absolute atomic E-state index is 14.0. The van der Waals surface area contributed by atoms with Gasteiger partial charge in [-0.2, -0.15) is 0 Å². The predicted molar refractivity (Wildman–Crippen MR) is 137 cm³/mol. The minimum Gasteiger partial charge on any atom is -0.481 e. The van der Waals surface area contributed by atoms with Gasteiger partial charge >= 0.3 is 17.8 Å². The first-order valence-corrected chi connectivity index (χ1v) is 11.8. The highest BCUT2D eigenvalue weighted by molar-refractivity contribution is 6.30. The number of rotatable bonds is 10. The number of hydrogen-bond donors (Lipinski definition) is 2. The first kappa shape index (κ1) is 28.4. The molecule has 2 heterocycles. The van der Waals surface area contributed by atoms with Crippen molar-refractivity contribution in [1.82, 2.24) is 24.6 Å². The number of nitrogens with zero attached hydrogens (tertiary/aromatic N) is 4. The molecular formula is C25H27ClFN5O6. The number of alkyl carbamates (subject to hydrolysis) is 1. The Morgan fingerprint density at radius 1 is 1.29 bits per heavy atom. The second-order valence-electron chi connectivity index (χ2n) is 9.20. The van der Waals surface area contributed by atoms with Gasteiger partial charge in [0.05, 0.1) is 24.0 Å². The largest absolute Gasteiger partial charge is 0.481 e. The van der Waals surface area contributed by atoms with Crippen LogP contribution >= 0.6 is 11.6 Å². The summed E-state index contributed by atoms with van der Waals surface area (Å²) in [7, 11) is 0. The van der Waals surface area contributed by atoms with Crippen LogP contribution in [0, 0.1) is 5.82 Å². The second kappa shape index (κ2) is 11.9. The van der Waals surface area contributed by atoms with Crippen LogP contribution in [-0.4, -0.2) is 48.1 Å². The van der Waals surface area contributed by atoms with Gasteiger partial charge in [-0.25, -0.2) is 23.6 Å². The van der Waals surface area contributed by atoms with E-state index >= 15 is 0 Å². The number of pyridine rings is 1. The molecule has 0 aliphatic carbocycles. The van der Waals surface area contributed by atoms with Crippen molar-refractivity contribution < 1.29 is 28.6 Å². The fourth-order valence-corrected chi connectivity index (χ4v) is 3.53. The summed E-state index contributed by atoms with van der Waals surface area (Å²) in [6, 6.07) is 6.42. The van der Waals surface area contributed by atoms with E-state index in [1.807, 2.05) is 0 Å². The summed E-state index contributed by atoms with van der Waals surface area (Å²) in [5.41, 5.74) is -0.804. The van der Waals surface area contributed by atoms with E-state index in [1.165, 1.54) is 16.8 Å². The Morgan fingerprint density at radius 2 is 1.97 bits per heavy atom. The van der Waals surface area contributed by atoms with Gasteiger partial charge in [0.2, 0.25) is 0 Å². The van der Waals surface area contributed by atoms with E-state index in [1.54, 1.807) is 45.0 Å². The highest BCUT2D eigenvalue weighted by Gasteiger charge is 2.24. The molecule has 13 heteroatoms. The van der Waals surface area contributed by atoms with Gasteiger partial charge in [-0.05, 0) is 51.1 Å². The lowest BCUT2D eigenvalue weighted by atomic mass is 10.2. The van der Waals surface area contributed by atoms with E-state index in [4.69, 9.17) is 21.1 Å². The van der Waals surface area contributed by atoms with Gasteiger partial charge in [0.15, 0.2) is 11.6 Å². The Morgan fingerprint density at radius 3 is 2.55 bits per heavy atom. The molecule has 38 heavy (non-hydrogen) atoms. The number of carbonyl (C=O) groups is 2. The number of carboxylic acids is 1. The van der Waals surface area contributed by atoms with Crippen LogP contribution in [0.5, 0.6) is 11.6 Å². The van der Waals surface area contributed by atoms with Gasteiger partial charge in [0.1, 0.15) is 11.4 Å². The van der Waals surface area contributed by atoms with Crippen molar-refractivity contribution in [2.75, 3.05) is 0 Å². The summed E-state index contributed by atoms with van der Waals surface area (Å²) in [6.07, 6.45) is 1.49. The van der Waals surface area contributed by atoms with E-state index < -0.39 is 41.6 Å². The third-order valence-electron chi connectivity index (χ3n) is 4.87. The van der Waals surface area contributed by atoms with E-state index in [-0.39, 0.29) is 35.6 Å². The van der Waals surface area contributed by atoms with Crippen molar-refractivity contribution in [2.45, 2.75) is 51.9 Å². The van der Waals surface area contributed by atoms with E-state index in [2.05, 4.69) is 22.0 Å². The number of carbonyl (C=O) groups excluding carboxylic acids is 1. The van der Waals surface area contributed by atoms with Gasteiger partial charge in [-0.3, -0.25) is 9.36 Å². The van der Waals surface area contributed by atoms with Crippen LogP contribution < -0.4 is 15.7 Å². The Labute approximate surface area is 222 Å². The van der Waals surface area contributed by atoms with Gasteiger partial charge in [0.25, 0.3) is 5.88 Å². The molecule has 1 amide bonds. The number of allylic oxidation sites excluding steroid dienone is 1. The number of aromatic nitrogens is 4. The summed E-state index contributed by atoms with van der Waals surface area (Å²) >= 11 is 5.71. The number of aliphatic carboxylic acids is 1. The summed E-state index contributed by atoms with van der Waals surface area (Å²) < 4.78 is 27.1. The molecule has 0 fully saturated rings. The van der Waals surface area contributed by atoms with Gasteiger partial charge in [-0.15, -0.1) is 11.7 Å². The van der Waals surface area contributed by atoms with Crippen molar-refractivity contribution in [3.8, 4) is 23.0 Å². The zero-order chi connectivity index (χ0) is 28.0. The molecule has 0 saturated carbocycles. The SMILES string of the molecule is C=CCn1c(-c2ccc(Oc3ncc(Cl)cc3F)cc2)nn(CC(CC(=O)O)NC(=O)OC(C)(C)C)c1=O. The normalized spacial score (nSPS) is 12.0. The minimum absolute atomic E-state index is 0.120. The number of carboxylic acid groups (broad SMARTS) is 1. The monoisotopic (exact) mass is 547 g/mol. The molecule has 2 aromatic heterocycles. The lowest BCUT2D eigenvalue weighted by Crippen LogP contribution is -2.44. The number of ether oxygens (including phenoxy) is 2. The molecule has 0 radical (unpaired) electrons. The number of nitrogens with one attached hydrogen (secondary N) is 1. The number of benzene rings is 1. The fourth-order valence-electron chi connectivity index (χ4n) is 3.38. The average molecular weight is 548 g/mol. The molecule has 1 aromatic carbocycles. The van der Waals surface area contributed by atoms with Crippen LogP contribution in [0.4, 0.5) is 9.18 Å². The molecule has 0 spiro atoms. The first-order valence-electron chi connectivity index (χ1n) is 11.5. The third-order valence-corrected chi connectivity index (χ3v) is 5.08. The maximum Gasteiger partial charge on any atom is 0.407 e. The quantitative estimate of drug-likeness (QED) is 0.359. The zero-order valence-electron chi connectivity index (χ0n) is 21.0. The molecule has 2 N–H and O–H groups in total. The fraction of sp³-hybridized carbons (Fsp3) is 0.320. The molecule has 0 aliphatic heterocycles. The van der Waals surface area contributed by atoms with Crippen molar-refractivity contribution in [3.63, 3.8) is 0 Å². The molecular weight excluding hydrogens is 521 g/mol. The predicted octanol–water partition coefficient (Wildman–Crippen LogP) is 4.25. The van der Waals surface area contributed by atoms with Crippen molar-refractivity contribution >= 4 is 23.7 Å². The number of halogens is 2. The molecule has 11 nitrogen and oxygen atoms in total. The highest BCUT2D eigenvalue weighted by Crippen LogP contribution is 2.26. The van der Waals surface area contributed by atoms with E-state index in [0.717, 1.165) is 10.7 Å². The van der Waals surface area contributed by atoms with Gasteiger partial charge < -0.3 is 19.9 Å². The Balaban J connectivity index is 1.87. The molecule has 0 aliphatic rings. The molecule has 0 saturated heterocycles. The first-order chi connectivity index (χ1) is 17.9. The topological polar surface area (TPSA) is 138 Å². The van der Waals surface area contributed by atoms with E-state index in [0.29, 0.717) is 5.56 Å². The Bertz CT molecular complexity index is 1380. The van der Waals surface area contributed by atoms with Crippen LogP contribution in [0.25, 0.3) is 11.4 Å². The molecule has 3 aromatic rings. The van der Waals surface area contributed by atoms with Crippen LogP contribution in [-0.2, 0) is 22.6 Å². The summed E-state index contributed by atoms with van der Waals surface area (Å²) in [4.78, 5) is 40.5. The van der Waals surface area contributed by atoms with Crippen LogP contribution in [0.3, 0.4) is 0 Å². The van der Waals surface area contributed by atoms with Gasteiger partial charge in [0, 0.05) is 18.3 Å². The second-order valence-corrected chi connectivity index (χ2v) is 9.63. The van der Waals surface area contributed by atoms with Crippen molar-refractivity contribution in [1.29, 1.82) is 0 Å².